The van der Waals surface area contributed by atoms with Crippen molar-refractivity contribution >= 4 is 23.5 Å². The summed E-state index contributed by atoms with van der Waals surface area (Å²) in [5.41, 5.74) is 6.80. The van der Waals surface area contributed by atoms with Crippen LogP contribution >= 0.6 is 0 Å². The first kappa shape index (κ1) is 24.3. The van der Waals surface area contributed by atoms with Crippen LogP contribution in [0.15, 0.2) is 48.9 Å². The van der Waals surface area contributed by atoms with Crippen LogP contribution in [0.25, 0.3) is 11.3 Å². The van der Waals surface area contributed by atoms with Crippen molar-refractivity contribution in [3.05, 3.63) is 54.6 Å². The molecule has 37 heavy (non-hydrogen) atoms. The topological polar surface area (TPSA) is 142 Å². The van der Waals surface area contributed by atoms with Crippen LogP contribution in [0.2, 0.25) is 0 Å². The lowest BCUT2D eigenvalue weighted by molar-refractivity contribution is 0.0176. The Morgan fingerprint density at radius 3 is 2.89 bits per heavy atom. The Balaban J connectivity index is 1.54. The first-order valence-corrected chi connectivity index (χ1v) is 11.9. The zero-order chi connectivity index (χ0) is 26.2. The summed E-state index contributed by atoms with van der Waals surface area (Å²) in [6.07, 6.45) is 4.33. The van der Waals surface area contributed by atoms with Crippen LogP contribution in [0.5, 0.6) is 11.5 Å². The van der Waals surface area contributed by atoms with Gasteiger partial charge in [0.05, 0.1) is 30.7 Å². The average molecular weight is 505 g/mol. The van der Waals surface area contributed by atoms with Crippen LogP contribution in [0.3, 0.4) is 0 Å². The Bertz CT molecular complexity index is 1340. The van der Waals surface area contributed by atoms with E-state index in [-0.39, 0.29) is 30.3 Å². The van der Waals surface area contributed by atoms with Crippen molar-refractivity contribution in [3.8, 4) is 22.8 Å². The highest BCUT2D eigenvalue weighted by atomic mass is 16.6. The first-order valence-electron chi connectivity index (χ1n) is 11.9. The molecule has 2 aromatic heterocycles. The van der Waals surface area contributed by atoms with E-state index in [1.54, 1.807) is 17.2 Å². The number of carbonyl (C=O) groups excluding carboxylic acids is 2. The number of nitrogens with zero attached hydrogens (tertiary/aromatic N) is 4. The van der Waals surface area contributed by atoms with Crippen LogP contribution in [-0.2, 0) is 4.74 Å². The summed E-state index contributed by atoms with van der Waals surface area (Å²) in [6.45, 7) is 5.96. The molecule has 3 N–H and O–H groups in total. The second-order valence-electron chi connectivity index (χ2n) is 9.92. The molecule has 2 aliphatic heterocycles. The molecule has 1 fully saturated rings. The number of pyridine rings is 1. The van der Waals surface area contributed by atoms with Gasteiger partial charge in [-0.1, -0.05) is 12.1 Å². The van der Waals surface area contributed by atoms with Crippen LogP contribution in [0.1, 0.15) is 37.7 Å². The summed E-state index contributed by atoms with van der Waals surface area (Å²) >= 11 is 0. The minimum atomic E-state index is -0.649. The monoisotopic (exact) mass is 504 g/mol. The molecule has 0 radical (unpaired) electrons. The number of nitrogens with two attached hydrogens (primary N) is 1. The number of benzene rings is 1. The van der Waals surface area contributed by atoms with Gasteiger partial charge in [-0.05, 0) is 32.9 Å². The van der Waals surface area contributed by atoms with Gasteiger partial charge in [0, 0.05) is 24.2 Å². The summed E-state index contributed by atoms with van der Waals surface area (Å²) in [5, 5.41) is 2.77. The van der Waals surface area contributed by atoms with Crippen molar-refractivity contribution in [1.82, 2.24) is 19.9 Å². The third-order valence-corrected chi connectivity index (χ3v) is 5.91. The first-order chi connectivity index (χ1) is 17.7. The molecule has 2 amide bonds. The smallest absolute Gasteiger partial charge is 0.410 e. The third kappa shape index (κ3) is 5.40. The summed E-state index contributed by atoms with van der Waals surface area (Å²) in [6, 6.07) is 8.63. The van der Waals surface area contributed by atoms with E-state index in [2.05, 4.69) is 20.3 Å². The Morgan fingerprint density at radius 2 is 2.08 bits per heavy atom. The van der Waals surface area contributed by atoms with Gasteiger partial charge in [-0.25, -0.2) is 14.8 Å². The lowest BCUT2D eigenvalue weighted by atomic mass is 10.1. The average Bonchev–Trinajstić information content (AvgIpc) is 3.25. The second-order valence-corrected chi connectivity index (χ2v) is 9.92. The maximum Gasteiger partial charge on any atom is 0.410 e. The molecule has 0 aliphatic carbocycles. The fourth-order valence-corrected chi connectivity index (χ4v) is 4.26. The number of anilines is 2. The number of carbonyl (C=O) groups is 2. The number of fused-ring (bicyclic) bond motifs is 8. The highest BCUT2D eigenvalue weighted by Gasteiger charge is 2.39. The fourth-order valence-electron chi connectivity index (χ4n) is 4.26. The van der Waals surface area contributed by atoms with Crippen molar-refractivity contribution in [2.45, 2.75) is 44.9 Å². The highest BCUT2D eigenvalue weighted by molar-refractivity contribution is 6.06. The SMILES string of the molecule is CC(C)(C)OC(=O)N1C[C@H]2C[C@H]1COc1ccncc1NC(=O)c1nc(cnc1N)-c1cccc(c1)O2. The van der Waals surface area contributed by atoms with Gasteiger partial charge in [-0.3, -0.25) is 14.7 Å². The number of likely N-dealkylation sites (tertiary alicyclic amines) is 1. The zero-order valence-electron chi connectivity index (χ0n) is 20.8. The Kier molecular flexibility index (Phi) is 6.28. The number of hydrogen-bond acceptors (Lipinski definition) is 9. The second kappa shape index (κ2) is 9.57. The van der Waals surface area contributed by atoms with Crippen LogP contribution in [-0.4, -0.2) is 62.8 Å². The lowest BCUT2D eigenvalue weighted by Crippen LogP contribution is -2.42. The van der Waals surface area contributed by atoms with Crippen LogP contribution in [0, 0.1) is 0 Å². The Labute approximate surface area is 214 Å². The van der Waals surface area contributed by atoms with Gasteiger partial charge in [0.25, 0.3) is 5.91 Å². The van der Waals surface area contributed by atoms with E-state index in [1.807, 2.05) is 45.0 Å². The molecule has 192 valence electrons. The van der Waals surface area contributed by atoms with Crippen molar-refractivity contribution in [3.63, 3.8) is 0 Å². The van der Waals surface area contributed by atoms with Gasteiger partial charge in [-0.15, -0.1) is 0 Å². The minimum Gasteiger partial charge on any atom is -0.489 e. The highest BCUT2D eigenvalue weighted by Crippen LogP contribution is 2.31. The molecule has 2 atom stereocenters. The molecule has 0 saturated carbocycles. The molecular weight excluding hydrogens is 476 g/mol. The number of rotatable bonds is 0. The quantitative estimate of drug-likeness (QED) is 0.470. The fraction of sp³-hybridized carbons (Fsp3) is 0.346. The minimum absolute atomic E-state index is 0.00724. The molecule has 2 aliphatic rings. The predicted octanol–water partition coefficient (Wildman–Crippen LogP) is 3.52. The molecule has 0 unspecified atom stereocenters. The normalized spacial score (nSPS) is 19.2. The van der Waals surface area contributed by atoms with Crippen LogP contribution in [0.4, 0.5) is 16.3 Å². The van der Waals surface area contributed by atoms with Crippen molar-refractivity contribution in [2.24, 2.45) is 0 Å². The summed E-state index contributed by atoms with van der Waals surface area (Å²) in [4.78, 5) is 40.5. The van der Waals surface area contributed by atoms with Gasteiger partial charge in [0.1, 0.15) is 35.5 Å². The molecule has 4 heterocycles. The number of amides is 2. The largest absolute Gasteiger partial charge is 0.489 e. The third-order valence-electron chi connectivity index (χ3n) is 5.91. The predicted molar refractivity (Wildman–Crippen MR) is 135 cm³/mol. The number of nitrogens with one attached hydrogen (secondary N) is 1. The Morgan fingerprint density at radius 1 is 1.24 bits per heavy atom. The molecule has 11 nitrogen and oxygen atoms in total. The van der Waals surface area contributed by atoms with E-state index in [0.29, 0.717) is 41.4 Å². The summed E-state index contributed by atoms with van der Waals surface area (Å²) in [5.74, 6) is 0.422. The van der Waals surface area contributed by atoms with E-state index >= 15 is 0 Å². The number of nitrogen functional groups attached to an aromatic ring is 1. The van der Waals surface area contributed by atoms with E-state index in [1.165, 1.54) is 12.4 Å². The molecule has 3 aromatic rings. The number of ether oxygens (including phenoxy) is 3. The van der Waals surface area contributed by atoms with Gasteiger partial charge < -0.3 is 25.3 Å². The van der Waals surface area contributed by atoms with Gasteiger partial charge >= 0.3 is 6.09 Å². The number of hydrogen-bond donors (Lipinski definition) is 2. The van der Waals surface area contributed by atoms with Gasteiger partial charge in [0.2, 0.25) is 0 Å². The van der Waals surface area contributed by atoms with Gasteiger partial charge in [-0.2, -0.15) is 0 Å². The zero-order valence-corrected chi connectivity index (χ0v) is 20.8. The van der Waals surface area contributed by atoms with E-state index in [0.717, 1.165) is 0 Å². The molecule has 0 spiro atoms. The molecule has 6 bridgehead atoms. The van der Waals surface area contributed by atoms with E-state index in [9.17, 15) is 9.59 Å². The summed E-state index contributed by atoms with van der Waals surface area (Å²) < 4.78 is 18.0. The number of aromatic nitrogens is 3. The van der Waals surface area contributed by atoms with Crippen molar-refractivity contribution in [1.29, 1.82) is 0 Å². The Hall–Kier alpha value is -4.41. The molecule has 5 rings (SSSR count). The molecular formula is C26H28N6O5. The summed E-state index contributed by atoms with van der Waals surface area (Å²) in [7, 11) is 0. The van der Waals surface area contributed by atoms with Crippen molar-refractivity contribution in [2.75, 3.05) is 24.2 Å². The van der Waals surface area contributed by atoms with E-state index in [4.69, 9.17) is 19.9 Å². The van der Waals surface area contributed by atoms with Crippen LogP contribution < -0.4 is 20.5 Å². The van der Waals surface area contributed by atoms with E-state index < -0.39 is 17.6 Å². The molecule has 1 aromatic carbocycles. The van der Waals surface area contributed by atoms with Crippen molar-refractivity contribution < 1.29 is 23.8 Å². The molecule has 1 saturated heterocycles. The molecule has 11 heteroatoms. The van der Waals surface area contributed by atoms with Gasteiger partial charge in [0.15, 0.2) is 11.5 Å². The maximum atomic E-state index is 13.1. The standard InChI is InChI=1S/C26H28N6O5/c1-26(2,3)37-25(34)32-13-18-10-16(32)14-35-21-7-8-28-11-20(21)31-24(33)22-23(27)29-12-19(30-22)15-5-4-6-17(9-15)36-18/h4-9,11-12,16,18H,10,13-14H2,1-3H3,(H2,27,29)(H,31,33)/t16-,18+/m0/s1. The maximum absolute atomic E-state index is 13.1. The lowest BCUT2D eigenvalue weighted by Gasteiger charge is -2.28.